The lowest BCUT2D eigenvalue weighted by molar-refractivity contribution is -0.125. The van der Waals surface area contributed by atoms with Crippen molar-refractivity contribution in [2.75, 3.05) is 20.7 Å². The first kappa shape index (κ1) is 21.2. The third-order valence-electron chi connectivity index (χ3n) is 5.87. The second-order valence-corrected chi connectivity index (χ2v) is 9.20. The van der Waals surface area contributed by atoms with Crippen LogP contribution in [-0.4, -0.2) is 47.7 Å². The molecule has 3 aromatic rings. The Kier molecular flexibility index (Phi) is 4.94. The molecule has 11 heteroatoms. The Hall–Kier alpha value is -3.70. The smallest absolute Gasteiger partial charge is 0.322 e. The van der Waals surface area contributed by atoms with Crippen molar-refractivity contribution >= 4 is 39.8 Å². The summed E-state index contributed by atoms with van der Waals surface area (Å²) < 4.78 is 25.9. The van der Waals surface area contributed by atoms with Gasteiger partial charge in [0.15, 0.2) is 5.54 Å². The number of nitrogens with one attached hydrogen (secondary N) is 3. The topological polar surface area (TPSA) is 130 Å². The van der Waals surface area contributed by atoms with E-state index in [2.05, 4.69) is 15.4 Å². The summed E-state index contributed by atoms with van der Waals surface area (Å²) in [5, 5.41) is 5.52. The number of ether oxygens (including phenoxy) is 1. The summed E-state index contributed by atoms with van der Waals surface area (Å²) in [5.74, 6) is -0.167. The minimum atomic E-state index is -1.61. The Balaban J connectivity index is 1.54. The monoisotopic (exact) mass is 468 g/mol. The predicted octanol–water partition coefficient (Wildman–Crippen LogP) is 1.37. The number of carbonyl (C=O) groups excluding carboxylic acids is 3. The standard InChI is InChI=1S/C22H20N4O6S/c1-23-33(30)15-5-6-17-13(7-15)8-18(32-17)22(20(28)24-21(29)25-22)11-26-10-12-3-4-14(31-2)9-16(12)19(26)27/h3-9,23H,10-11H2,1-2H3,(H2,24,25,28,29)/t22-,33?/m0/s1. The summed E-state index contributed by atoms with van der Waals surface area (Å²) >= 11 is 0. The van der Waals surface area contributed by atoms with Gasteiger partial charge in [-0.25, -0.2) is 13.7 Å². The first-order valence-corrected chi connectivity index (χ1v) is 11.2. The number of benzene rings is 2. The van der Waals surface area contributed by atoms with E-state index in [0.717, 1.165) is 5.56 Å². The van der Waals surface area contributed by atoms with Gasteiger partial charge in [-0.05, 0) is 49.0 Å². The van der Waals surface area contributed by atoms with Gasteiger partial charge < -0.3 is 19.4 Å². The van der Waals surface area contributed by atoms with Gasteiger partial charge in [0.1, 0.15) is 28.1 Å². The van der Waals surface area contributed by atoms with Crippen molar-refractivity contribution in [2.45, 2.75) is 17.0 Å². The van der Waals surface area contributed by atoms with E-state index < -0.39 is 28.5 Å². The minimum Gasteiger partial charge on any atom is -0.497 e. The van der Waals surface area contributed by atoms with Crippen molar-refractivity contribution in [1.29, 1.82) is 0 Å². The Morgan fingerprint density at radius 3 is 2.70 bits per heavy atom. The van der Waals surface area contributed by atoms with Gasteiger partial charge in [-0.1, -0.05) is 6.07 Å². The van der Waals surface area contributed by atoms with Crippen LogP contribution in [0.15, 0.2) is 51.8 Å². The molecular weight excluding hydrogens is 448 g/mol. The average molecular weight is 468 g/mol. The normalized spacial score (nSPS) is 20.7. The average Bonchev–Trinajstić information content (AvgIpc) is 3.46. The molecule has 0 spiro atoms. The molecule has 2 aliphatic rings. The Morgan fingerprint density at radius 1 is 1.18 bits per heavy atom. The molecule has 2 aliphatic heterocycles. The molecule has 3 heterocycles. The van der Waals surface area contributed by atoms with Crippen LogP contribution >= 0.6 is 0 Å². The first-order chi connectivity index (χ1) is 15.8. The number of fused-ring (bicyclic) bond motifs is 2. The molecule has 1 saturated heterocycles. The van der Waals surface area contributed by atoms with Crippen molar-refractivity contribution in [1.82, 2.24) is 20.3 Å². The third kappa shape index (κ3) is 3.36. The molecule has 2 aromatic carbocycles. The quantitative estimate of drug-likeness (QED) is 0.469. The fourth-order valence-corrected chi connectivity index (χ4v) is 4.86. The maximum absolute atomic E-state index is 13.1. The molecule has 4 amide bonds. The molecule has 170 valence electrons. The number of furan rings is 1. The SMILES string of the molecule is CNS(=O)c1ccc2oc([C@]3(CN4Cc5ccc(OC)cc5C4=O)NC(=O)NC3=O)cc2c1. The summed E-state index contributed by atoms with van der Waals surface area (Å²) in [6.45, 7) is 0.143. The Labute approximate surface area is 190 Å². The molecule has 0 bridgehead atoms. The van der Waals surface area contributed by atoms with E-state index in [1.807, 2.05) is 0 Å². The molecule has 5 rings (SSSR count). The number of hydrogen-bond donors (Lipinski definition) is 3. The van der Waals surface area contributed by atoms with Gasteiger partial charge in [-0.2, -0.15) is 0 Å². The molecule has 33 heavy (non-hydrogen) atoms. The second-order valence-electron chi connectivity index (χ2n) is 7.78. The van der Waals surface area contributed by atoms with Crippen LogP contribution in [0.2, 0.25) is 0 Å². The van der Waals surface area contributed by atoms with E-state index in [1.54, 1.807) is 49.5 Å². The number of carbonyl (C=O) groups is 3. The van der Waals surface area contributed by atoms with Gasteiger partial charge >= 0.3 is 6.03 Å². The molecule has 2 atom stereocenters. The van der Waals surface area contributed by atoms with Crippen molar-refractivity contribution in [3.8, 4) is 5.75 Å². The summed E-state index contributed by atoms with van der Waals surface area (Å²) in [7, 11) is 1.70. The highest BCUT2D eigenvalue weighted by Gasteiger charge is 2.53. The number of imide groups is 1. The zero-order chi connectivity index (χ0) is 23.3. The lowest BCUT2D eigenvalue weighted by Gasteiger charge is -2.29. The lowest BCUT2D eigenvalue weighted by Crippen LogP contribution is -2.52. The largest absolute Gasteiger partial charge is 0.497 e. The van der Waals surface area contributed by atoms with Gasteiger partial charge in [-0.3, -0.25) is 14.9 Å². The fourth-order valence-electron chi connectivity index (χ4n) is 4.20. The zero-order valence-electron chi connectivity index (χ0n) is 17.8. The van der Waals surface area contributed by atoms with Crippen LogP contribution in [0.25, 0.3) is 11.0 Å². The van der Waals surface area contributed by atoms with E-state index in [0.29, 0.717) is 27.2 Å². The van der Waals surface area contributed by atoms with Gasteiger partial charge in [0.2, 0.25) is 0 Å². The Bertz CT molecular complexity index is 1350. The van der Waals surface area contributed by atoms with E-state index in [-0.39, 0.29) is 24.8 Å². The summed E-state index contributed by atoms with van der Waals surface area (Å²) in [6, 6.07) is 11.1. The van der Waals surface area contributed by atoms with Gasteiger partial charge in [0.05, 0.1) is 18.6 Å². The Morgan fingerprint density at radius 2 is 2.00 bits per heavy atom. The van der Waals surface area contributed by atoms with E-state index in [1.165, 1.54) is 12.0 Å². The lowest BCUT2D eigenvalue weighted by atomic mass is 9.95. The highest BCUT2D eigenvalue weighted by Crippen LogP contribution is 2.35. The molecule has 1 fully saturated rings. The maximum atomic E-state index is 13.1. The van der Waals surface area contributed by atoms with Gasteiger partial charge in [0.25, 0.3) is 11.8 Å². The van der Waals surface area contributed by atoms with Crippen LogP contribution < -0.4 is 20.1 Å². The first-order valence-electron chi connectivity index (χ1n) is 10.1. The molecule has 1 aromatic heterocycles. The number of methoxy groups -OCH3 is 1. The molecule has 0 aliphatic carbocycles. The molecule has 0 radical (unpaired) electrons. The van der Waals surface area contributed by atoms with Crippen LogP contribution in [0.3, 0.4) is 0 Å². The van der Waals surface area contributed by atoms with Crippen molar-refractivity contribution < 1.29 is 27.7 Å². The second kappa shape index (κ2) is 7.71. The number of urea groups is 1. The number of rotatable bonds is 6. The van der Waals surface area contributed by atoms with E-state index >= 15 is 0 Å². The highest BCUT2D eigenvalue weighted by atomic mass is 32.2. The van der Waals surface area contributed by atoms with Crippen molar-refractivity contribution in [3.05, 3.63) is 59.4 Å². The van der Waals surface area contributed by atoms with E-state index in [4.69, 9.17) is 9.15 Å². The molecule has 3 N–H and O–H groups in total. The molecule has 10 nitrogen and oxygen atoms in total. The molecule has 1 unspecified atom stereocenters. The summed E-state index contributed by atoms with van der Waals surface area (Å²) in [5.41, 5.74) is 0.124. The number of hydrogen-bond acceptors (Lipinski definition) is 6. The maximum Gasteiger partial charge on any atom is 0.322 e. The van der Waals surface area contributed by atoms with E-state index in [9.17, 15) is 18.6 Å². The van der Waals surface area contributed by atoms with Crippen LogP contribution in [0.1, 0.15) is 21.7 Å². The predicted molar refractivity (Wildman–Crippen MR) is 118 cm³/mol. The van der Waals surface area contributed by atoms with Crippen LogP contribution in [0.4, 0.5) is 4.79 Å². The number of amides is 4. The van der Waals surface area contributed by atoms with Crippen LogP contribution in [0, 0.1) is 0 Å². The van der Waals surface area contributed by atoms with Gasteiger partial charge in [0, 0.05) is 17.5 Å². The molecule has 0 saturated carbocycles. The van der Waals surface area contributed by atoms with Crippen molar-refractivity contribution in [2.24, 2.45) is 0 Å². The zero-order valence-corrected chi connectivity index (χ0v) is 18.6. The fraction of sp³-hybridized carbons (Fsp3) is 0.227. The third-order valence-corrected chi connectivity index (χ3v) is 6.93. The minimum absolute atomic E-state index is 0.129. The summed E-state index contributed by atoms with van der Waals surface area (Å²) in [4.78, 5) is 40.3. The number of nitrogens with zero attached hydrogens (tertiary/aromatic N) is 1. The highest BCUT2D eigenvalue weighted by molar-refractivity contribution is 7.83. The van der Waals surface area contributed by atoms with Crippen molar-refractivity contribution in [3.63, 3.8) is 0 Å². The van der Waals surface area contributed by atoms with Crippen LogP contribution in [-0.2, 0) is 27.9 Å². The van der Waals surface area contributed by atoms with Gasteiger partial charge in [-0.15, -0.1) is 0 Å². The molecular formula is C22H20N4O6S. The van der Waals surface area contributed by atoms with Crippen LogP contribution in [0.5, 0.6) is 5.75 Å². The summed E-state index contributed by atoms with van der Waals surface area (Å²) in [6.07, 6.45) is 0.